The number of thiocarbonyl (C=S) groups is 1. The highest BCUT2D eigenvalue weighted by Crippen LogP contribution is 2.31. The molecule has 1 saturated heterocycles. The van der Waals surface area contributed by atoms with Crippen LogP contribution in [0.2, 0.25) is 0 Å². The molecule has 0 atom stereocenters. The topological polar surface area (TPSA) is 111 Å². The van der Waals surface area contributed by atoms with E-state index in [0.717, 1.165) is 0 Å². The van der Waals surface area contributed by atoms with Crippen LogP contribution in [-0.2, 0) is 16.2 Å². The molecule has 0 bridgehead atoms. The molecule has 0 aromatic heterocycles. The van der Waals surface area contributed by atoms with Crippen LogP contribution >= 0.6 is 12.2 Å². The Bertz CT molecular complexity index is 1140. The average molecular weight is 453 g/mol. The van der Waals surface area contributed by atoms with Crippen LogP contribution in [0.4, 0.5) is 5.69 Å². The van der Waals surface area contributed by atoms with E-state index >= 15 is 0 Å². The number of carbonyl (C=O) groups excluding carboxylic acids is 2. The number of hydrogen-bond donors (Lipinski definition) is 1. The highest BCUT2D eigenvalue weighted by molar-refractivity contribution is 7.80. The van der Waals surface area contributed by atoms with E-state index in [2.05, 4.69) is 11.9 Å². The first kappa shape index (κ1) is 22.6. The van der Waals surface area contributed by atoms with Crippen LogP contribution in [0.25, 0.3) is 6.08 Å². The number of ether oxygens (including phenoxy) is 2. The molecule has 3 rings (SSSR count). The molecule has 10 heteroatoms. The van der Waals surface area contributed by atoms with E-state index in [1.165, 1.54) is 30.2 Å². The summed E-state index contributed by atoms with van der Waals surface area (Å²) < 4.78 is 11.1. The van der Waals surface area contributed by atoms with Gasteiger partial charge in [0.05, 0.1) is 17.6 Å². The molecule has 0 aliphatic carbocycles. The fourth-order valence-electron chi connectivity index (χ4n) is 3.02. The van der Waals surface area contributed by atoms with Gasteiger partial charge in [0.25, 0.3) is 17.5 Å². The van der Waals surface area contributed by atoms with Crippen LogP contribution in [0.15, 0.2) is 60.7 Å². The van der Waals surface area contributed by atoms with Gasteiger partial charge >= 0.3 is 0 Å². The zero-order valence-corrected chi connectivity index (χ0v) is 17.9. The number of hydrogen-bond acceptors (Lipinski definition) is 7. The first-order valence-corrected chi connectivity index (χ1v) is 9.79. The fourth-order valence-corrected chi connectivity index (χ4v) is 3.27. The Kier molecular flexibility index (Phi) is 6.96. The van der Waals surface area contributed by atoms with Crippen molar-refractivity contribution in [1.29, 1.82) is 0 Å². The molecule has 1 heterocycles. The van der Waals surface area contributed by atoms with Crippen molar-refractivity contribution in [3.05, 3.63) is 81.9 Å². The van der Waals surface area contributed by atoms with Crippen LogP contribution < -0.4 is 14.8 Å². The monoisotopic (exact) mass is 453 g/mol. The Labute approximate surface area is 189 Å². The SMILES string of the molecule is C=CCN1C(=O)/C(=C/c2ccc(OCc3ccccc3[N+](=O)[O-])c(OC)c2)C(=O)NC1=S. The number of nitro benzene ring substituents is 1. The van der Waals surface area contributed by atoms with Gasteiger partial charge < -0.3 is 9.47 Å². The van der Waals surface area contributed by atoms with E-state index in [4.69, 9.17) is 21.7 Å². The lowest BCUT2D eigenvalue weighted by atomic mass is 10.1. The number of methoxy groups -OCH3 is 1. The highest BCUT2D eigenvalue weighted by Gasteiger charge is 2.32. The maximum absolute atomic E-state index is 12.7. The van der Waals surface area contributed by atoms with Crippen molar-refractivity contribution < 1.29 is 24.0 Å². The Morgan fingerprint density at radius 3 is 2.66 bits per heavy atom. The lowest BCUT2D eigenvalue weighted by molar-refractivity contribution is -0.385. The minimum absolute atomic E-state index is 0.0217. The molecule has 2 amide bonds. The molecule has 0 unspecified atom stereocenters. The van der Waals surface area contributed by atoms with E-state index in [1.54, 1.807) is 36.4 Å². The van der Waals surface area contributed by atoms with Gasteiger partial charge in [0.15, 0.2) is 16.6 Å². The van der Waals surface area contributed by atoms with Gasteiger partial charge in [-0.1, -0.05) is 24.3 Å². The van der Waals surface area contributed by atoms with Gasteiger partial charge in [0.2, 0.25) is 0 Å². The Balaban J connectivity index is 1.84. The standard InChI is InChI=1S/C22H19N3O6S/c1-3-10-24-21(27)16(20(26)23-22(24)32)11-14-8-9-18(19(12-14)30-2)31-13-15-6-4-5-7-17(15)25(28)29/h3-9,11-12H,1,10,13H2,2H3,(H,23,26,32)/b16-11+. The van der Waals surface area contributed by atoms with Crippen molar-refractivity contribution in [1.82, 2.24) is 10.2 Å². The van der Waals surface area contributed by atoms with Crippen LogP contribution in [0.3, 0.4) is 0 Å². The second-order valence-corrected chi connectivity index (χ2v) is 6.99. The number of amides is 2. The third-order valence-electron chi connectivity index (χ3n) is 4.57. The molecule has 0 spiro atoms. The molecule has 1 aliphatic rings. The van der Waals surface area contributed by atoms with Crippen molar-refractivity contribution in [3.63, 3.8) is 0 Å². The lowest BCUT2D eigenvalue weighted by Crippen LogP contribution is -2.53. The summed E-state index contributed by atoms with van der Waals surface area (Å²) in [5.41, 5.74) is 0.797. The van der Waals surface area contributed by atoms with E-state index in [-0.39, 0.29) is 29.5 Å². The minimum Gasteiger partial charge on any atom is -0.493 e. The highest BCUT2D eigenvalue weighted by atomic mass is 32.1. The summed E-state index contributed by atoms with van der Waals surface area (Å²) in [6, 6.07) is 11.1. The fraction of sp³-hybridized carbons (Fsp3) is 0.136. The van der Waals surface area contributed by atoms with Gasteiger partial charge in [-0.3, -0.25) is 29.9 Å². The van der Waals surface area contributed by atoms with Gasteiger partial charge in [0, 0.05) is 12.6 Å². The number of para-hydroxylation sites is 1. The molecule has 1 fully saturated rings. The number of rotatable bonds is 8. The minimum atomic E-state index is -0.601. The molecule has 1 N–H and O–H groups in total. The third-order valence-corrected chi connectivity index (χ3v) is 4.89. The Hall–Kier alpha value is -4.05. The largest absolute Gasteiger partial charge is 0.493 e. The van der Waals surface area contributed by atoms with E-state index in [0.29, 0.717) is 22.6 Å². The van der Waals surface area contributed by atoms with Crippen LogP contribution in [0, 0.1) is 10.1 Å². The number of benzene rings is 2. The van der Waals surface area contributed by atoms with Crippen molar-refractivity contribution in [2.24, 2.45) is 0 Å². The molecule has 164 valence electrons. The summed E-state index contributed by atoms with van der Waals surface area (Å²) in [5.74, 6) is -0.452. The first-order chi connectivity index (χ1) is 15.3. The van der Waals surface area contributed by atoms with Crippen LogP contribution in [0.5, 0.6) is 11.5 Å². The van der Waals surface area contributed by atoms with Gasteiger partial charge in [-0.25, -0.2) is 0 Å². The molecule has 2 aromatic rings. The van der Waals surface area contributed by atoms with Crippen molar-refractivity contribution >= 4 is 40.9 Å². The predicted molar refractivity (Wildman–Crippen MR) is 121 cm³/mol. The van der Waals surface area contributed by atoms with Crippen molar-refractivity contribution in [2.45, 2.75) is 6.61 Å². The maximum atomic E-state index is 12.7. The molecular formula is C22H19N3O6S. The summed E-state index contributed by atoms with van der Waals surface area (Å²) >= 11 is 5.03. The number of nitrogens with one attached hydrogen (secondary N) is 1. The van der Waals surface area contributed by atoms with Gasteiger partial charge in [-0.05, 0) is 42.1 Å². The first-order valence-electron chi connectivity index (χ1n) is 9.38. The van der Waals surface area contributed by atoms with Gasteiger partial charge in [0.1, 0.15) is 12.2 Å². The van der Waals surface area contributed by atoms with Crippen LogP contribution in [0.1, 0.15) is 11.1 Å². The zero-order chi connectivity index (χ0) is 23.3. The van der Waals surface area contributed by atoms with Gasteiger partial charge in [-0.2, -0.15) is 0 Å². The van der Waals surface area contributed by atoms with E-state index in [9.17, 15) is 19.7 Å². The van der Waals surface area contributed by atoms with E-state index in [1.807, 2.05) is 0 Å². The summed E-state index contributed by atoms with van der Waals surface area (Å²) in [7, 11) is 1.44. The maximum Gasteiger partial charge on any atom is 0.276 e. The smallest absolute Gasteiger partial charge is 0.276 e. The van der Waals surface area contributed by atoms with Crippen LogP contribution in [-0.4, -0.2) is 40.4 Å². The average Bonchev–Trinajstić information content (AvgIpc) is 2.78. The Morgan fingerprint density at radius 1 is 1.22 bits per heavy atom. The van der Waals surface area contributed by atoms with Crippen molar-refractivity contribution in [2.75, 3.05) is 13.7 Å². The second-order valence-electron chi connectivity index (χ2n) is 6.61. The zero-order valence-electron chi connectivity index (χ0n) is 17.1. The molecule has 9 nitrogen and oxygen atoms in total. The molecule has 32 heavy (non-hydrogen) atoms. The normalized spacial score (nSPS) is 14.8. The Morgan fingerprint density at radius 2 is 1.97 bits per heavy atom. The molecule has 1 aliphatic heterocycles. The molecular weight excluding hydrogens is 434 g/mol. The lowest BCUT2D eigenvalue weighted by Gasteiger charge is -2.27. The summed E-state index contributed by atoms with van der Waals surface area (Å²) in [6.07, 6.45) is 2.93. The van der Waals surface area contributed by atoms with E-state index < -0.39 is 16.7 Å². The van der Waals surface area contributed by atoms with Crippen molar-refractivity contribution in [3.8, 4) is 11.5 Å². The summed E-state index contributed by atoms with van der Waals surface area (Å²) in [5, 5.41) is 13.7. The summed E-state index contributed by atoms with van der Waals surface area (Å²) in [6.45, 7) is 3.71. The number of nitrogens with zero attached hydrogens (tertiary/aromatic N) is 2. The molecule has 2 aromatic carbocycles. The molecule has 0 saturated carbocycles. The third kappa shape index (κ3) is 4.81. The summed E-state index contributed by atoms with van der Waals surface area (Å²) in [4.78, 5) is 36.9. The number of carbonyl (C=O) groups is 2. The van der Waals surface area contributed by atoms with Gasteiger partial charge in [-0.15, -0.1) is 6.58 Å². The number of nitro groups is 1. The molecule has 0 radical (unpaired) electrons. The quantitative estimate of drug-likeness (QED) is 0.163. The second kappa shape index (κ2) is 9.84. The predicted octanol–water partition coefficient (Wildman–Crippen LogP) is 3.00.